The summed E-state index contributed by atoms with van der Waals surface area (Å²) >= 11 is 6.73. The van der Waals surface area contributed by atoms with Crippen LogP contribution in [0.25, 0.3) is 0 Å². The van der Waals surface area contributed by atoms with Gasteiger partial charge in [0.05, 0.1) is 12.5 Å². The van der Waals surface area contributed by atoms with E-state index in [4.69, 9.17) is 16.3 Å². The first-order valence-electron chi connectivity index (χ1n) is 6.52. The highest BCUT2D eigenvalue weighted by Gasteiger charge is 2.67. The van der Waals surface area contributed by atoms with E-state index in [-0.39, 0.29) is 5.38 Å². The van der Waals surface area contributed by atoms with E-state index < -0.39 is 0 Å². The van der Waals surface area contributed by atoms with Crippen molar-refractivity contribution in [3.63, 3.8) is 0 Å². The van der Waals surface area contributed by atoms with Crippen LogP contribution in [0.5, 0.6) is 5.75 Å². The van der Waals surface area contributed by atoms with Gasteiger partial charge in [0.25, 0.3) is 0 Å². The van der Waals surface area contributed by atoms with Gasteiger partial charge in [-0.1, -0.05) is 33.8 Å². The van der Waals surface area contributed by atoms with E-state index in [2.05, 4.69) is 46.8 Å². The van der Waals surface area contributed by atoms with Crippen molar-refractivity contribution >= 4 is 11.6 Å². The number of hydrogen-bond donors (Lipinski definition) is 0. The van der Waals surface area contributed by atoms with E-state index in [1.807, 2.05) is 6.07 Å². The van der Waals surface area contributed by atoms with Crippen LogP contribution in [0.15, 0.2) is 18.2 Å². The van der Waals surface area contributed by atoms with Crippen molar-refractivity contribution in [1.29, 1.82) is 0 Å². The topological polar surface area (TPSA) is 9.23 Å². The number of hydrogen-bond acceptors (Lipinski definition) is 1. The van der Waals surface area contributed by atoms with Crippen LogP contribution in [0, 0.1) is 23.7 Å². The lowest BCUT2D eigenvalue weighted by Crippen LogP contribution is -2.02. The van der Waals surface area contributed by atoms with Crippen molar-refractivity contribution in [3.8, 4) is 5.75 Å². The molecule has 0 bridgehead atoms. The molecular weight excluding hydrogens is 244 g/mol. The Labute approximate surface area is 115 Å². The van der Waals surface area contributed by atoms with Gasteiger partial charge in [-0.15, -0.1) is 11.6 Å². The molecule has 0 spiro atoms. The summed E-state index contributed by atoms with van der Waals surface area (Å²) in [6.07, 6.45) is 0. The van der Waals surface area contributed by atoms with E-state index in [1.165, 1.54) is 11.1 Å². The molecule has 1 nitrogen and oxygen atoms in total. The first-order valence-corrected chi connectivity index (χ1v) is 6.95. The summed E-state index contributed by atoms with van der Waals surface area (Å²) in [5.74, 6) is 1.42. The minimum atomic E-state index is 0.0842. The second kappa shape index (κ2) is 4.16. The van der Waals surface area contributed by atoms with Gasteiger partial charge in [0.2, 0.25) is 0 Å². The maximum atomic E-state index is 6.73. The van der Waals surface area contributed by atoms with Crippen LogP contribution in [0.1, 0.15) is 44.2 Å². The van der Waals surface area contributed by atoms with Gasteiger partial charge in [-0.25, -0.2) is 0 Å². The molecule has 1 aliphatic carbocycles. The molecule has 1 aromatic carbocycles. The van der Waals surface area contributed by atoms with E-state index in [0.29, 0.717) is 16.7 Å². The van der Waals surface area contributed by atoms with Crippen LogP contribution in [-0.2, 0) is 0 Å². The Hall–Kier alpha value is -0.690. The van der Waals surface area contributed by atoms with Crippen LogP contribution in [0.2, 0.25) is 0 Å². The summed E-state index contributed by atoms with van der Waals surface area (Å²) in [6, 6.07) is 6.17. The van der Waals surface area contributed by atoms with E-state index in [0.717, 1.165) is 5.75 Å². The fourth-order valence-electron chi connectivity index (χ4n) is 3.24. The average molecular weight is 267 g/mol. The molecule has 0 radical (unpaired) electrons. The Morgan fingerprint density at radius 3 is 2.11 bits per heavy atom. The minimum Gasteiger partial charge on any atom is -0.497 e. The number of halogens is 1. The van der Waals surface area contributed by atoms with E-state index in [1.54, 1.807) is 7.11 Å². The molecule has 1 atom stereocenters. The van der Waals surface area contributed by atoms with Crippen LogP contribution in [-0.4, -0.2) is 7.11 Å². The third-order valence-corrected chi connectivity index (χ3v) is 5.69. The molecule has 2 heteroatoms. The average Bonchev–Trinajstić information content (AvgIpc) is 2.68. The minimum absolute atomic E-state index is 0.0842. The van der Waals surface area contributed by atoms with E-state index in [9.17, 15) is 0 Å². The predicted molar refractivity (Wildman–Crippen MR) is 77.4 cm³/mol. The second-order valence-electron chi connectivity index (χ2n) is 6.55. The molecule has 1 unspecified atom stereocenters. The Kier molecular flexibility index (Phi) is 3.18. The number of aryl methyl sites for hydroxylation is 1. The molecule has 1 aromatic rings. The highest BCUT2D eigenvalue weighted by molar-refractivity contribution is 6.21. The van der Waals surface area contributed by atoms with Crippen molar-refractivity contribution in [2.75, 3.05) is 7.11 Å². The summed E-state index contributed by atoms with van der Waals surface area (Å²) in [4.78, 5) is 0. The molecule has 1 saturated carbocycles. The van der Waals surface area contributed by atoms with Crippen molar-refractivity contribution in [1.82, 2.24) is 0 Å². The number of alkyl halides is 1. The van der Waals surface area contributed by atoms with Crippen LogP contribution >= 0.6 is 11.6 Å². The first-order chi connectivity index (χ1) is 8.23. The molecule has 0 aliphatic heterocycles. The highest BCUT2D eigenvalue weighted by Crippen LogP contribution is 2.73. The van der Waals surface area contributed by atoms with Gasteiger partial charge < -0.3 is 4.74 Å². The summed E-state index contributed by atoms with van der Waals surface area (Å²) < 4.78 is 5.24. The third kappa shape index (κ3) is 1.84. The largest absolute Gasteiger partial charge is 0.497 e. The number of benzene rings is 1. The smallest absolute Gasteiger partial charge is 0.119 e. The second-order valence-corrected chi connectivity index (χ2v) is 7.02. The van der Waals surface area contributed by atoms with Gasteiger partial charge >= 0.3 is 0 Å². The number of ether oxygens (including phenoxy) is 1. The Morgan fingerprint density at radius 1 is 1.17 bits per heavy atom. The Balaban J connectivity index is 2.29. The van der Waals surface area contributed by atoms with Gasteiger partial charge in [0.15, 0.2) is 0 Å². The maximum Gasteiger partial charge on any atom is 0.119 e. The lowest BCUT2D eigenvalue weighted by Gasteiger charge is -2.15. The number of methoxy groups -OCH3 is 1. The van der Waals surface area contributed by atoms with Gasteiger partial charge in [-0.2, -0.15) is 0 Å². The molecule has 2 rings (SSSR count). The Morgan fingerprint density at radius 2 is 1.72 bits per heavy atom. The van der Waals surface area contributed by atoms with Gasteiger partial charge in [-0.3, -0.25) is 0 Å². The molecular formula is C16H23ClO. The quantitative estimate of drug-likeness (QED) is 0.702. The van der Waals surface area contributed by atoms with Crippen LogP contribution in [0.4, 0.5) is 0 Å². The normalized spacial score (nSPS) is 22.6. The zero-order valence-electron chi connectivity index (χ0n) is 12.2. The van der Waals surface area contributed by atoms with Gasteiger partial charge in [0.1, 0.15) is 5.75 Å². The number of rotatable bonds is 3. The molecule has 1 fully saturated rings. The molecule has 0 saturated heterocycles. The lowest BCUT2D eigenvalue weighted by molar-refractivity contribution is 0.414. The van der Waals surface area contributed by atoms with Crippen molar-refractivity contribution in [2.45, 2.75) is 40.0 Å². The maximum absolute atomic E-state index is 6.73. The zero-order valence-corrected chi connectivity index (χ0v) is 12.9. The monoisotopic (exact) mass is 266 g/mol. The molecule has 1 aliphatic rings. The summed E-state index contributed by atoms with van der Waals surface area (Å²) in [6.45, 7) is 11.4. The van der Waals surface area contributed by atoms with Crippen LogP contribution < -0.4 is 4.74 Å². The molecule has 0 aromatic heterocycles. The third-order valence-electron chi connectivity index (χ3n) is 5.20. The molecule has 0 amide bonds. The van der Waals surface area contributed by atoms with Crippen LogP contribution in [0.3, 0.4) is 0 Å². The Bertz CT molecular complexity index is 448. The lowest BCUT2D eigenvalue weighted by atomic mass is 9.98. The van der Waals surface area contributed by atoms with Gasteiger partial charge in [-0.05, 0) is 46.9 Å². The van der Waals surface area contributed by atoms with Crippen molar-refractivity contribution < 1.29 is 4.74 Å². The summed E-state index contributed by atoms with van der Waals surface area (Å²) in [5, 5.41) is 0.0842. The SMILES string of the molecule is COc1ccc(C(Cl)C2C(C)(C)C2(C)C)c(C)c1. The van der Waals surface area contributed by atoms with Gasteiger partial charge in [0, 0.05) is 0 Å². The van der Waals surface area contributed by atoms with E-state index >= 15 is 0 Å². The molecule has 0 N–H and O–H groups in total. The highest BCUT2D eigenvalue weighted by atomic mass is 35.5. The predicted octanol–water partition coefficient (Wildman–Crippen LogP) is 4.97. The molecule has 100 valence electrons. The fourth-order valence-corrected chi connectivity index (χ4v) is 4.12. The molecule has 0 heterocycles. The zero-order chi connectivity index (χ0) is 13.7. The standard InChI is InChI=1S/C16H23ClO/c1-10-9-11(18-6)7-8-12(10)13(17)14-15(2,3)16(14,4)5/h7-9,13-14H,1-6H3. The molecule has 18 heavy (non-hydrogen) atoms. The first kappa shape index (κ1) is 13.7. The summed E-state index contributed by atoms with van der Waals surface area (Å²) in [5.41, 5.74) is 3.08. The van der Waals surface area contributed by atoms with Crippen molar-refractivity contribution in [2.24, 2.45) is 16.7 Å². The fraction of sp³-hybridized carbons (Fsp3) is 0.625. The summed E-state index contributed by atoms with van der Waals surface area (Å²) in [7, 11) is 1.69. The van der Waals surface area contributed by atoms with Crippen molar-refractivity contribution in [3.05, 3.63) is 29.3 Å².